The number of carbonyl (C=O) groups excluding carboxylic acids is 1. The van der Waals surface area contributed by atoms with Crippen LogP contribution in [0.5, 0.6) is 0 Å². The largest absolute Gasteiger partial charge is 0.480 e. The van der Waals surface area contributed by atoms with Gasteiger partial charge in [0.1, 0.15) is 6.04 Å². The van der Waals surface area contributed by atoms with Gasteiger partial charge in [0.05, 0.1) is 12.9 Å². The van der Waals surface area contributed by atoms with E-state index in [1.165, 1.54) is 12.5 Å². The Bertz CT molecular complexity index is 608. The molecular formula is C11H14N6O4. The topological polar surface area (TPSA) is 146 Å². The zero-order valence-electron chi connectivity index (χ0n) is 11.2. The third kappa shape index (κ3) is 4.30. The number of imidazole rings is 1. The molecule has 0 radical (unpaired) electrons. The summed E-state index contributed by atoms with van der Waals surface area (Å²) in [6.07, 6.45) is 3.04. The number of amides is 2. The molecule has 0 saturated heterocycles. The van der Waals surface area contributed by atoms with Crippen molar-refractivity contribution in [2.24, 2.45) is 0 Å². The van der Waals surface area contributed by atoms with Crippen LogP contribution in [-0.2, 0) is 17.8 Å². The third-order valence-corrected chi connectivity index (χ3v) is 2.56. The number of urea groups is 1. The summed E-state index contributed by atoms with van der Waals surface area (Å²) >= 11 is 0. The quantitative estimate of drug-likeness (QED) is 0.566. The van der Waals surface area contributed by atoms with Crippen LogP contribution in [0.4, 0.5) is 4.79 Å². The van der Waals surface area contributed by atoms with Gasteiger partial charge in [-0.25, -0.2) is 14.6 Å². The minimum absolute atomic E-state index is 0.0412. The minimum Gasteiger partial charge on any atom is -0.480 e. The molecule has 2 aromatic heterocycles. The molecule has 2 rings (SSSR count). The van der Waals surface area contributed by atoms with Gasteiger partial charge < -0.3 is 25.2 Å². The van der Waals surface area contributed by atoms with Crippen LogP contribution < -0.4 is 10.6 Å². The van der Waals surface area contributed by atoms with Gasteiger partial charge in [-0.05, 0) is 0 Å². The molecule has 0 aliphatic carbocycles. The Kier molecular flexibility index (Phi) is 4.49. The van der Waals surface area contributed by atoms with Crippen molar-refractivity contribution >= 4 is 12.0 Å². The van der Waals surface area contributed by atoms with Crippen LogP contribution in [0.2, 0.25) is 0 Å². The van der Waals surface area contributed by atoms with Gasteiger partial charge >= 0.3 is 12.0 Å². The summed E-state index contributed by atoms with van der Waals surface area (Å²) in [7, 11) is 0. The van der Waals surface area contributed by atoms with E-state index in [0.717, 1.165) is 0 Å². The van der Waals surface area contributed by atoms with Crippen molar-refractivity contribution in [3.8, 4) is 0 Å². The first-order valence-corrected chi connectivity index (χ1v) is 6.08. The predicted octanol–water partition coefficient (Wildman–Crippen LogP) is -0.404. The van der Waals surface area contributed by atoms with E-state index in [-0.39, 0.29) is 13.0 Å². The summed E-state index contributed by atoms with van der Waals surface area (Å²) in [4.78, 5) is 33.3. The SMILES string of the molecule is Cc1nc(CNC(=O)NC(Cc2cnc[nH]2)C(=O)O)no1. The van der Waals surface area contributed by atoms with Crippen molar-refractivity contribution in [1.29, 1.82) is 0 Å². The number of nitrogens with zero attached hydrogens (tertiary/aromatic N) is 3. The zero-order valence-corrected chi connectivity index (χ0v) is 11.2. The molecule has 21 heavy (non-hydrogen) atoms. The number of aryl methyl sites for hydroxylation is 1. The number of H-pyrrole nitrogens is 1. The molecule has 0 aromatic carbocycles. The van der Waals surface area contributed by atoms with Gasteiger partial charge in [-0.2, -0.15) is 4.98 Å². The fourth-order valence-corrected chi connectivity index (χ4v) is 1.60. The molecule has 10 heteroatoms. The number of carbonyl (C=O) groups is 2. The summed E-state index contributed by atoms with van der Waals surface area (Å²) in [6.45, 7) is 1.67. The average molecular weight is 294 g/mol. The molecule has 4 N–H and O–H groups in total. The average Bonchev–Trinajstić information content (AvgIpc) is 3.07. The second-order valence-electron chi connectivity index (χ2n) is 4.23. The maximum atomic E-state index is 11.7. The van der Waals surface area contributed by atoms with Gasteiger partial charge in [0.15, 0.2) is 5.82 Å². The number of carboxylic acid groups (broad SMARTS) is 1. The van der Waals surface area contributed by atoms with E-state index in [2.05, 4.69) is 30.7 Å². The van der Waals surface area contributed by atoms with Crippen LogP contribution in [0.1, 0.15) is 17.4 Å². The number of aliphatic carboxylic acids is 1. The number of carboxylic acids is 1. The van der Waals surface area contributed by atoms with E-state index in [9.17, 15) is 9.59 Å². The Morgan fingerprint density at radius 1 is 1.52 bits per heavy atom. The van der Waals surface area contributed by atoms with E-state index in [0.29, 0.717) is 17.4 Å². The van der Waals surface area contributed by atoms with Crippen molar-refractivity contribution in [3.05, 3.63) is 29.9 Å². The smallest absolute Gasteiger partial charge is 0.326 e. The van der Waals surface area contributed by atoms with Crippen LogP contribution in [0.15, 0.2) is 17.0 Å². The maximum Gasteiger partial charge on any atom is 0.326 e. The molecule has 0 aliphatic rings. The molecule has 1 atom stereocenters. The standard InChI is InChI=1S/C11H14N6O4/c1-6-15-9(17-21-6)4-13-11(20)16-8(10(18)19)2-7-3-12-5-14-7/h3,5,8H,2,4H2,1H3,(H,12,14)(H,18,19)(H2,13,16,20). The van der Waals surface area contributed by atoms with Gasteiger partial charge in [-0.3, -0.25) is 0 Å². The highest BCUT2D eigenvalue weighted by Crippen LogP contribution is 1.99. The van der Waals surface area contributed by atoms with E-state index in [1.807, 2.05) is 0 Å². The normalized spacial score (nSPS) is 11.9. The van der Waals surface area contributed by atoms with Crippen LogP contribution in [0.3, 0.4) is 0 Å². The predicted molar refractivity (Wildman–Crippen MR) is 68.1 cm³/mol. The molecule has 0 aliphatic heterocycles. The second kappa shape index (κ2) is 6.50. The first-order valence-electron chi connectivity index (χ1n) is 6.08. The summed E-state index contributed by atoms with van der Waals surface area (Å²) < 4.78 is 4.75. The Morgan fingerprint density at radius 3 is 2.90 bits per heavy atom. The number of aromatic nitrogens is 4. The first-order chi connectivity index (χ1) is 10.0. The van der Waals surface area contributed by atoms with Crippen LogP contribution in [0.25, 0.3) is 0 Å². The molecule has 1 unspecified atom stereocenters. The molecule has 2 aromatic rings. The Balaban J connectivity index is 1.84. The fraction of sp³-hybridized carbons (Fsp3) is 0.364. The molecular weight excluding hydrogens is 280 g/mol. The zero-order chi connectivity index (χ0) is 15.2. The van der Waals surface area contributed by atoms with E-state index >= 15 is 0 Å². The van der Waals surface area contributed by atoms with Gasteiger partial charge in [0, 0.05) is 25.2 Å². The lowest BCUT2D eigenvalue weighted by Crippen LogP contribution is -2.47. The van der Waals surface area contributed by atoms with Crippen LogP contribution in [-0.4, -0.2) is 43.3 Å². The molecule has 0 bridgehead atoms. The minimum atomic E-state index is -1.14. The third-order valence-electron chi connectivity index (χ3n) is 2.56. The fourth-order valence-electron chi connectivity index (χ4n) is 1.60. The summed E-state index contributed by atoms with van der Waals surface area (Å²) in [6, 6.07) is -1.71. The summed E-state index contributed by atoms with van der Waals surface area (Å²) in [5.74, 6) is -0.451. The van der Waals surface area contributed by atoms with Crippen LogP contribution in [0, 0.1) is 6.92 Å². The van der Waals surface area contributed by atoms with Crippen molar-refractivity contribution < 1.29 is 19.2 Å². The Hall–Kier alpha value is -2.91. The molecule has 0 saturated carbocycles. The van der Waals surface area contributed by atoms with Gasteiger partial charge in [-0.15, -0.1) is 0 Å². The highest BCUT2D eigenvalue weighted by atomic mass is 16.5. The van der Waals surface area contributed by atoms with Crippen molar-refractivity contribution in [1.82, 2.24) is 30.7 Å². The highest BCUT2D eigenvalue weighted by Gasteiger charge is 2.21. The monoisotopic (exact) mass is 294 g/mol. The molecule has 0 spiro atoms. The molecule has 2 heterocycles. The van der Waals surface area contributed by atoms with E-state index < -0.39 is 18.0 Å². The van der Waals surface area contributed by atoms with E-state index in [4.69, 9.17) is 9.63 Å². The number of hydrogen-bond donors (Lipinski definition) is 4. The lowest BCUT2D eigenvalue weighted by molar-refractivity contribution is -0.139. The summed E-state index contributed by atoms with van der Waals surface area (Å²) in [5.41, 5.74) is 0.608. The number of aromatic amines is 1. The first kappa shape index (κ1) is 14.5. The second-order valence-corrected chi connectivity index (χ2v) is 4.23. The lowest BCUT2D eigenvalue weighted by atomic mass is 10.2. The molecule has 10 nitrogen and oxygen atoms in total. The molecule has 112 valence electrons. The van der Waals surface area contributed by atoms with Gasteiger partial charge in [-0.1, -0.05) is 5.16 Å². The van der Waals surface area contributed by atoms with Crippen molar-refractivity contribution in [2.45, 2.75) is 25.9 Å². The lowest BCUT2D eigenvalue weighted by Gasteiger charge is -2.13. The van der Waals surface area contributed by atoms with Crippen LogP contribution >= 0.6 is 0 Å². The van der Waals surface area contributed by atoms with Gasteiger partial charge in [0.2, 0.25) is 5.89 Å². The maximum absolute atomic E-state index is 11.7. The Labute approximate surface area is 119 Å². The van der Waals surface area contributed by atoms with E-state index in [1.54, 1.807) is 6.92 Å². The van der Waals surface area contributed by atoms with Gasteiger partial charge in [0.25, 0.3) is 0 Å². The number of rotatable bonds is 6. The molecule has 2 amide bonds. The number of hydrogen-bond acceptors (Lipinski definition) is 6. The highest BCUT2D eigenvalue weighted by molar-refractivity contribution is 5.82. The van der Waals surface area contributed by atoms with Crippen molar-refractivity contribution in [3.63, 3.8) is 0 Å². The molecule has 0 fully saturated rings. The Morgan fingerprint density at radius 2 is 2.33 bits per heavy atom. The summed E-state index contributed by atoms with van der Waals surface area (Å²) in [5, 5.41) is 17.5. The number of nitrogens with one attached hydrogen (secondary N) is 3. The van der Waals surface area contributed by atoms with Crippen molar-refractivity contribution in [2.75, 3.05) is 0 Å².